The molecule has 0 unspecified atom stereocenters. The lowest BCUT2D eigenvalue weighted by Crippen LogP contribution is -2.40. The van der Waals surface area contributed by atoms with E-state index in [1.165, 1.54) is 7.11 Å². The first-order valence-corrected chi connectivity index (χ1v) is 9.13. The Hall–Kier alpha value is -2.93. The van der Waals surface area contributed by atoms with E-state index in [9.17, 15) is 9.59 Å². The van der Waals surface area contributed by atoms with Crippen molar-refractivity contribution in [3.05, 3.63) is 58.6 Å². The molecule has 0 fully saturated rings. The highest BCUT2D eigenvalue weighted by atomic mass is 35.5. The predicted molar refractivity (Wildman–Crippen MR) is 103 cm³/mol. The van der Waals surface area contributed by atoms with Gasteiger partial charge in [0.2, 0.25) is 6.79 Å². The van der Waals surface area contributed by atoms with Crippen LogP contribution in [0.4, 0.5) is 4.79 Å². The van der Waals surface area contributed by atoms with E-state index in [4.69, 9.17) is 25.8 Å². The number of hydrogen-bond acceptors (Lipinski definition) is 5. The molecule has 148 valence electrons. The number of hydrogen-bond donors (Lipinski definition) is 2. The fraction of sp³-hybridized carbons (Fsp3) is 0.300. The smallest absolute Gasteiger partial charge is 0.315 e. The Morgan fingerprint density at radius 1 is 1.14 bits per heavy atom. The van der Waals surface area contributed by atoms with Crippen LogP contribution in [-0.2, 0) is 9.53 Å². The van der Waals surface area contributed by atoms with Crippen molar-refractivity contribution in [1.29, 1.82) is 0 Å². The van der Waals surface area contributed by atoms with E-state index in [0.29, 0.717) is 22.1 Å². The van der Waals surface area contributed by atoms with Crippen LogP contribution in [0.15, 0.2) is 42.5 Å². The van der Waals surface area contributed by atoms with E-state index < -0.39 is 18.0 Å². The van der Waals surface area contributed by atoms with E-state index in [2.05, 4.69) is 10.6 Å². The lowest BCUT2D eigenvalue weighted by Gasteiger charge is -2.22. The van der Waals surface area contributed by atoms with Crippen LogP contribution in [-0.4, -0.2) is 25.9 Å². The predicted octanol–water partition coefficient (Wildman–Crippen LogP) is 3.73. The van der Waals surface area contributed by atoms with Crippen molar-refractivity contribution >= 4 is 23.6 Å². The number of esters is 1. The maximum Gasteiger partial charge on any atom is 0.315 e. The van der Waals surface area contributed by atoms with Gasteiger partial charge in [-0.3, -0.25) is 4.79 Å². The minimum Gasteiger partial charge on any atom is -0.469 e. The molecule has 0 radical (unpaired) electrons. The highest BCUT2D eigenvalue weighted by Gasteiger charge is 2.22. The fourth-order valence-electron chi connectivity index (χ4n) is 2.91. The summed E-state index contributed by atoms with van der Waals surface area (Å²) < 4.78 is 15.4. The van der Waals surface area contributed by atoms with Crippen LogP contribution < -0.4 is 20.1 Å². The fourth-order valence-corrected chi connectivity index (χ4v) is 3.18. The average molecular weight is 405 g/mol. The number of urea groups is 1. The van der Waals surface area contributed by atoms with Gasteiger partial charge in [-0.15, -0.1) is 0 Å². The zero-order valence-electron chi connectivity index (χ0n) is 15.5. The van der Waals surface area contributed by atoms with Crippen LogP contribution in [0.3, 0.4) is 0 Å². The summed E-state index contributed by atoms with van der Waals surface area (Å²) in [4.78, 5) is 24.3. The van der Waals surface area contributed by atoms with Gasteiger partial charge in [0.05, 0.1) is 25.6 Å². The van der Waals surface area contributed by atoms with E-state index in [-0.39, 0.29) is 19.3 Å². The molecule has 0 aromatic heterocycles. The molecule has 0 bridgehead atoms. The second-order valence-corrected chi connectivity index (χ2v) is 6.71. The molecule has 0 saturated carbocycles. The van der Waals surface area contributed by atoms with Gasteiger partial charge in [-0.2, -0.15) is 0 Å². The van der Waals surface area contributed by atoms with Crippen LogP contribution in [0.1, 0.15) is 36.6 Å². The van der Waals surface area contributed by atoms with Crippen molar-refractivity contribution in [2.45, 2.75) is 25.4 Å². The maximum atomic E-state index is 12.6. The van der Waals surface area contributed by atoms with Gasteiger partial charge < -0.3 is 24.8 Å². The summed E-state index contributed by atoms with van der Waals surface area (Å²) in [6.07, 6.45) is -0.0357. The summed E-state index contributed by atoms with van der Waals surface area (Å²) in [6.45, 7) is 2.04. The summed E-state index contributed by atoms with van der Waals surface area (Å²) >= 11 is 6.24. The SMILES string of the molecule is COC(=O)C[C@@H](NC(=O)N[C@H](C)c1ccc2c(c1)OCO2)c1ccccc1Cl. The number of methoxy groups -OCH3 is 1. The summed E-state index contributed by atoms with van der Waals surface area (Å²) in [5.41, 5.74) is 1.50. The van der Waals surface area contributed by atoms with Crippen LogP contribution in [0.2, 0.25) is 5.02 Å². The Kier molecular flexibility index (Phi) is 6.26. The third-order valence-electron chi connectivity index (χ3n) is 4.43. The quantitative estimate of drug-likeness (QED) is 0.716. The van der Waals surface area contributed by atoms with E-state index in [1.54, 1.807) is 30.3 Å². The maximum absolute atomic E-state index is 12.6. The first kappa shape index (κ1) is 19.8. The molecule has 3 rings (SSSR count). The van der Waals surface area contributed by atoms with Gasteiger partial charge in [0, 0.05) is 5.02 Å². The third-order valence-corrected chi connectivity index (χ3v) is 4.77. The lowest BCUT2D eigenvalue weighted by atomic mass is 10.0. The molecule has 0 spiro atoms. The number of ether oxygens (including phenoxy) is 3. The highest BCUT2D eigenvalue weighted by molar-refractivity contribution is 6.31. The number of fused-ring (bicyclic) bond motifs is 1. The second-order valence-electron chi connectivity index (χ2n) is 6.31. The van der Waals surface area contributed by atoms with E-state index in [1.807, 2.05) is 19.1 Å². The average Bonchev–Trinajstić information content (AvgIpc) is 3.15. The molecule has 2 N–H and O–H groups in total. The number of carbonyl (C=O) groups is 2. The molecule has 1 aliphatic rings. The van der Waals surface area contributed by atoms with Gasteiger partial charge in [0.15, 0.2) is 11.5 Å². The second kappa shape index (κ2) is 8.84. The monoisotopic (exact) mass is 404 g/mol. The molecule has 8 heteroatoms. The van der Waals surface area contributed by atoms with Crippen LogP contribution >= 0.6 is 11.6 Å². The molecule has 7 nitrogen and oxygen atoms in total. The van der Waals surface area contributed by atoms with E-state index >= 15 is 0 Å². The van der Waals surface area contributed by atoms with Gasteiger partial charge in [-0.05, 0) is 36.2 Å². The number of benzene rings is 2. The topological polar surface area (TPSA) is 85.9 Å². The molecule has 2 aromatic rings. The van der Waals surface area contributed by atoms with Crippen molar-refractivity contribution in [3.8, 4) is 11.5 Å². The Morgan fingerprint density at radius 2 is 1.89 bits per heavy atom. The summed E-state index contributed by atoms with van der Waals surface area (Å²) in [7, 11) is 1.30. The number of amides is 2. The molecule has 2 amide bonds. The minimum atomic E-state index is -0.620. The molecular formula is C20H21ClN2O5. The normalized spacial score (nSPS) is 14.1. The third kappa shape index (κ3) is 4.67. The van der Waals surface area contributed by atoms with Crippen molar-refractivity contribution in [2.24, 2.45) is 0 Å². The first-order valence-electron chi connectivity index (χ1n) is 8.75. The van der Waals surface area contributed by atoms with Crippen LogP contribution in [0, 0.1) is 0 Å². The molecule has 2 aromatic carbocycles. The minimum absolute atomic E-state index is 0.0357. The molecule has 2 atom stereocenters. The number of carbonyl (C=O) groups excluding carboxylic acids is 2. The van der Waals surface area contributed by atoms with Gasteiger partial charge in [0.25, 0.3) is 0 Å². The van der Waals surface area contributed by atoms with Crippen LogP contribution in [0.5, 0.6) is 11.5 Å². The van der Waals surface area contributed by atoms with Gasteiger partial charge in [-0.25, -0.2) is 4.79 Å². The van der Waals surface area contributed by atoms with Crippen molar-refractivity contribution in [2.75, 3.05) is 13.9 Å². The van der Waals surface area contributed by atoms with Gasteiger partial charge in [0.1, 0.15) is 0 Å². The largest absolute Gasteiger partial charge is 0.469 e. The Morgan fingerprint density at radius 3 is 2.64 bits per heavy atom. The van der Waals surface area contributed by atoms with Crippen molar-refractivity contribution in [3.63, 3.8) is 0 Å². The molecule has 0 aliphatic carbocycles. The lowest BCUT2D eigenvalue weighted by molar-refractivity contribution is -0.141. The van der Waals surface area contributed by atoms with E-state index in [0.717, 1.165) is 5.56 Å². The molecule has 28 heavy (non-hydrogen) atoms. The highest BCUT2D eigenvalue weighted by Crippen LogP contribution is 2.34. The number of nitrogens with one attached hydrogen (secondary N) is 2. The summed E-state index contributed by atoms with van der Waals surface area (Å²) in [5, 5.41) is 6.12. The number of halogens is 1. The summed E-state index contributed by atoms with van der Waals surface area (Å²) in [6, 6.07) is 11.2. The van der Waals surface area contributed by atoms with Gasteiger partial charge >= 0.3 is 12.0 Å². The summed E-state index contributed by atoms with van der Waals surface area (Å²) in [5.74, 6) is 0.873. The van der Waals surface area contributed by atoms with Crippen molar-refractivity contribution < 1.29 is 23.8 Å². The molecular weight excluding hydrogens is 384 g/mol. The Balaban J connectivity index is 1.69. The zero-order valence-corrected chi connectivity index (χ0v) is 16.3. The zero-order chi connectivity index (χ0) is 20.1. The first-order chi connectivity index (χ1) is 13.5. The van der Waals surface area contributed by atoms with Gasteiger partial charge in [-0.1, -0.05) is 35.9 Å². The van der Waals surface area contributed by atoms with Crippen molar-refractivity contribution in [1.82, 2.24) is 10.6 Å². The molecule has 1 heterocycles. The Bertz CT molecular complexity index is 873. The Labute approximate surface area is 167 Å². The standard InChI is InChI=1S/C20H21ClN2O5/c1-12(13-7-8-17-18(9-13)28-11-27-17)22-20(25)23-16(10-19(24)26-2)14-5-3-4-6-15(14)21/h3-9,12,16H,10-11H2,1-2H3,(H2,22,23,25)/t12-,16-/m1/s1. The molecule has 1 aliphatic heterocycles. The molecule has 0 saturated heterocycles. The van der Waals surface area contributed by atoms with Crippen LogP contribution in [0.25, 0.3) is 0 Å². The number of rotatable bonds is 6.